The lowest BCUT2D eigenvalue weighted by Crippen LogP contribution is -1.91. The molecule has 0 heterocycles. The largest absolute Gasteiger partial charge is 0.114 e. The van der Waals surface area contributed by atoms with Crippen LogP contribution in [0.15, 0.2) is 0 Å². The van der Waals surface area contributed by atoms with E-state index in [9.17, 15) is 0 Å². The van der Waals surface area contributed by atoms with E-state index in [-0.39, 0.29) is 0 Å². The van der Waals surface area contributed by atoms with E-state index in [1.165, 1.54) is 18.2 Å². The van der Waals surface area contributed by atoms with Crippen molar-refractivity contribution in [3.05, 3.63) is 0 Å². The van der Waals surface area contributed by atoms with Gasteiger partial charge in [0.25, 0.3) is 0 Å². The fourth-order valence-corrected chi connectivity index (χ4v) is 1.45. The van der Waals surface area contributed by atoms with Gasteiger partial charge in [-0.05, 0) is 18.3 Å². The molecule has 2 rings (SSSR count). The van der Waals surface area contributed by atoms with Gasteiger partial charge >= 0.3 is 0 Å². The normalized spacial score (nSPS) is 53.0. The van der Waals surface area contributed by atoms with Crippen molar-refractivity contribution in [2.24, 2.45) is 11.8 Å². The molecule has 2 aliphatic carbocycles. The molecule has 2 saturated carbocycles. The average molecular weight is 93.0 g/mol. The Bertz CT molecular complexity index is 82.2. The van der Waals surface area contributed by atoms with E-state index in [1.54, 1.807) is 6.42 Å². The second-order valence-corrected chi connectivity index (χ2v) is 2.78. The molecule has 1 heteroatoms. The summed E-state index contributed by atoms with van der Waals surface area (Å²) in [7, 11) is 2.47. The maximum Gasteiger partial charge on any atom is 0.114 e. The highest BCUT2D eigenvalue weighted by atomic mass is 14.6. The van der Waals surface area contributed by atoms with Crippen LogP contribution >= 0.6 is 0 Å². The molecule has 1 radical (unpaired) electrons. The molecule has 0 nitrogen and oxygen atoms in total. The molecule has 0 N–H and O–H groups in total. The fourth-order valence-electron chi connectivity index (χ4n) is 1.45. The second kappa shape index (κ2) is 1.07. The van der Waals surface area contributed by atoms with E-state index in [0.29, 0.717) is 0 Å². The van der Waals surface area contributed by atoms with Crippen LogP contribution in [0, 0.1) is 11.8 Å². The van der Waals surface area contributed by atoms with Crippen molar-refractivity contribution in [1.82, 2.24) is 0 Å². The van der Waals surface area contributed by atoms with E-state index >= 15 is 0 Å². The van der Waals surface area contributed by atoms with Gasteiger partial charge in [-0.25, -0.2) is 0 Å². The zero-order valence-corrected chi connectivity index (χ0v) is 4.72. The summed E-state index contributed by atoms with van der Waals surface area (Å²) in [6, 6.07) is 0. The van der Waals surface area contributed by atoms with Gasteiger partial charge in [0.15, 0.2) is 0 Å². The Morgan fingerprint density at radius 1 is 1.57 bits per heavy atom. The van der Waals surface area contributed by atoms with Gasteiger partial charge in [-0.2, -0.15) is 0 Å². The molecule has 0 amide bonds. The van der Waals surface area contributed by atoms with Gasteiger partial charge in [-0.3, -0.25) is 0 Å². The van der Waals surface area contributed by atoms with Gasteiger partial charge in [-0.15, -0.1) is 0 Å². The average Bonchev–Trinajstić information content (AvgIpc) is 2.41. The molecule has 0 aromatic carbocycles. The number of hydrogen-bond donors (Lipinski definition) is 0. The Hall–Kier alpha value is 0.0649. The molecule has 2 atom stereocenters. The third kappa shape index (κ3) is 0.442. The first-order valence-electron chi connectivity index (χ1n) is 3.27. The van der Waals surface area contributed by atoms with Crippen LogP contribution in [0.1, 0.15) is 13.3 Å². The smallest absolute Gasteiger partial charge is 0.0827 e. The summed E-state index contributed by atoms with van der Waals surface area (Å²) in [5.74, 6) is 3.45. The Labute approximate surface area is 45.5 Å². The molecule has 0 spiro atoms. The van der Waals surface area contributed by atoms with Crippen molar-refractivity contribution < 1.29 is 0 Å². The third-order valence-electron chi connectivity index (χ3n) is 2.25. The van der Waals surface area contributed by atoms with E-state index < -0.39 is 0 Å². The summed E-state index contributed by atoms with van der Waals surface area (Å²) >= 11 is 0. The summed E-state index contributed by atoms with van der Waals surface area (Å²) in [5.41, 5.74) is 0. The van der Waals surface area contributed by atoms with Crippen LogP contribution in [0.25, 0.3) is 0 Å². The summed E-state index contributed by atoms with van der Waals surface area (Å²) < 4.78 is 0. The molecular weight excluding hydrogens is 82.9 g/mol. The highest BCUT2D eigenvalue weighted by Crippen LogP contribution is 2.72. The molecule has 0 bridgehead atoms. The number of rotatable bonds is 2. The Morgan fingerprint density at radius 2 is 2.29 bits per heavy atom. The topological polar surface area (TPSA) is 0 Å². The van der Waals surface area contributed by atoms with Crippen molar-refractivity contribution in [2.45, 2.75) is 25.5 Å². The first kappa shape index (κ1) is 4.00. The first-order chi connectivity index (χ1) is 3.43. The van der Waals surface area contributed by atoms with Crippen LogP contribution < -0.4 is 0 Å². The lowest BCUT2D eigenvalue weighted by Gasteiger charge is -1.93. The molecule has 2 fully saturated rings. The Morgan fingerprint density at radius 3 is 2.43 bits per heavy atom. The molecule has 0 saturated heterocycles. The van der Waals surface area contributed by atoms with Crippen molar-refractivity contribution in [1.29, 1.82) is 0 Å². The fraction of sp³-hybridized carbons (Fsp3) is 1.00. The van der Waals surface area contributed by atoms with Crippen LogP contribution in [0.2, 0.25) is 12.1 Å². The molecule has 2 aliphatic rings. The molecule has 0 aromatic heterocycles. The maximum atomic E-state index is 2.47. The van der Waals surface area contributed by atoms with Crippen LogP contribution in [0.5, 0.6) is 0 Å². The predicted octanol–water partition coefficient (Wildman–Crippen LogP) is 1.57. The predicted molar refractivity (Wildman–Crippen MR) is 31.6 cm³/mol. The van der Waals surface area contributed by atoms with Gasteiger partial charge in [0.2, 0.25) is 0 Å². The number of hydrogen-bond acceptors (Lipinski definition) is 0. The molecule has 37 valence electrons. The van der Waals surface area contributed by atoms with Crippen molar-refractivity contribution in [3.8, 4) is 0 Å². The first-order valence-corrected chi connectivity index (χ1v) is 3.27. The van der Waals surface area contributed by atoms with E-state index in [1.807, 2.05) is 0 Å². The highest BCUT2D eigenvalue weighted by molar-refractivity contribution is 6.39. The summed E-state index contributed by atoms with van der Waals surface area (Å²) in [6.07, 6.45) is 2.85. The van der Waals surface area contributed by atoms with Gasteiger partial charge < -0.3 is 0 Å². The van der Waals surface area contributed by atoms with Crippen LogP contribution in [-0.2, 0) is 0 Å². The Balaban J connectivity index is 1.73. The quantitative estimate of drug-likeness (QED) is 0.454. The highest BCUT2D eigenvalue weighted by Gasteiger charge is 2.62. The van der Waals surface area contributed by atoms with E-state index in [2.05, 4.69) is 14.2 Å². The van der Waals surface area contributed by atoms with Crippen LogP contribution in [0.4, 0.5) is 0 Å². The van der Waals surface area contributed by atoms with Crippen molar-refractivity contribution >= 4 is 7.28 Å². The third-order valence-corrected chi connectivity index (χ3v) is 2.25. The van der Waals surface area contributed by atoms with Crippen molar-refractivity contribution in [3.63, 3.8) is 0 Å². The van der Waals surface area contributed by atoms with Crippen LogP contribution in [0.3, 0.4) is 0 Å². The van der Waals surface area contributed by atoms with Gasteiger partial charge in [0.1, 0.15) is 7.28 Å². The molecular formula is C6H10B. The zero-order chi connectivity index (χ0) is 4.85. The maximum absolute atomic E-state index is 2.47. The second-order valence-electron chi connectivity index (χ2n) is 2.78. The number of fused-ring (bicyclic) bond motifs is 1. The van der Waals surface area contributed by atoms with Gasteiger partial charge in [-0.1, -0.05) is 19.1 Å². The SMILES string of the molecule is CC[B]C1C2CC12. The minimum absolute atomic E-state index is 1.09. The lowest BCUT2D eigenvalue weighted by atomic mass is 9.65. The van der Waals surface area contributed by atoms with Gasteiger partial charge in [0, 0.05) is 0 Å². The van der Waals surface area contributed by atoms with E-state index in [4.69, 9.17) is 0 Å². The van der Waals surface area contributed by atoms with Gasteiger partial charge in [0.05, 0.1) is 0 Å². The Kier molecular flexibility index (Phi) is 0.610. The molecule has 0 aliphatic heterocycles. The summed E-state index contributed by atoms with van der Waals surface area (Å²) in [6.45, 7) is 2.23. The van der Waals surface area contributed by atoms with E-state index in [0.717, 1.165) is 5.82 Å². The summed E-state index contributed by atoms with van der Waals surface area (Å²) in [5, 5.41) is 0. The van der Waals surface area contributed by atoms with Crippen LogP contribution in [-0.4, -0.2) is 7.28 Å². The summed E-state index contributed by atoms with van der Waals surface area (Å²) in [4.78, 5) is 0. The molecule has 2 unspecified atom stereocenters. The minimum atomic E-state index is 1.09. The molecule has 7 heavy (non-hydrogen) atoms. The lowest BCUT2D eigenvalue weighted by molar-refractivity contribution is 0.897. The standard InChI is InChI=1S/C6H10B/c1-2-7-6-4-3-5(4)6/h4-6H,2-3H2,1H3. The molecule has 0 aromatic rings. The zero-order valence-electron chi connectivity index (χ0n) is 4.72. The monoisotopic (exact) mass is 93.1 g/mol. The minimum Gasteiger partial charge on any atom is -0.0827 e. The van der Waals surface area contributed by atoms with Crippen molar-refractivity contribution in [2.75, 3.05) is 0 Å².